The fourth-order valence-electron chi connectivity index (χ4n) is 12.1. The zero-order valence-corrected chi connectivity index (χ0v) is 27.0. The van der Waals surface area contributed by atoms with Gasteiger partial charge in [-0.3, -0.25) is 42.5 Å². The van der Waals surface area contributed by atoms with Crippen molar-refractivity contribution in [1.82, 2.24) is 52.9 Å². The van der Waals surface area contributed by atoms with Gasteiger partial charge in [0.15, 0.2) is 0 Å². The summed E-state index contributed by atoms with van der Waals surface area (Å²) in [7, 11) is 0. The number of nitrogens with one attached hydrogen (secondary N) is 8. The third-order valence-corrected chi connectivity index (χ3v) is 14.1. The molecular formula is C34H58N10O. The fourth-order valence-corrected chi connectivity index (χ4v) is 12.1. The molecule has 5 aliphatic heterocycles. The van der Waals surface area contributed by atoms with E-state index >= 15 is 0 Å². The molecule has 0 amide bonds. The van der Waals surface area contributed by atoms with Crippen molar-refractivity contribution in [3.63, 3.8) is 0 Å². The Morgan fingerprint density at radius 2 is 0.578 bits per heavy atom. The summed E-state index contributed by atoms with van der Waals surface area (Å²) in [4.78, 5) is 0. The van der Waals surface area contributed by atoms with Crippen LogP contribution in [0, 0.1) is 47.3 Å². The average molecular weight is 623 g/mol. The first-order valence-corrected chi connectivity index (χ1v) is 19.1. The van der Waals surface area contributed by atoms with Gasteiger partial charge in [0, 0.05) is 5.27 Å². The highest BCUT2D eigenvalue weighted by Gasteiger charge is 2.54. The predicted molar refractivity (Wildman–Crippen MR) is 171 cm³/mol. The normalized spacial score (nSPS) is 52.1. The van der Waals surface area contributed by atoms with Gasteiger partial charge in [0.2, 0.25) is 0 Å². The second-order valence-electron chi connectivity index (χ2n) is 16.2. The van der Waals surface area contributed by atoms with Gasteiger partial charge < -0.3 is 4.52 Å². The summed E-state index contributed by atoms with van der Waals surface area (Å²) >= 11 is 0. The van der Waals surface area contributed by atoms with Crippen LogP contribution >= 0.6 is 0 Å². The Morgan fingerprint density at radius 1 is 0.356 bits per heavy atom. The first kappa shape index (κ1) is 29.9. The quantitative estimate of drug-likeness (QED) is 0.217. The lowest BCUT2D eigenvalue weighted by atomic mass is 9.76. The number of aromatic nitrogens is 2. The molecule has 8 unspecified atom stereocenters. The Hall–Kier alpha value is -1.18. The van der Waals surface area contributed by atoms with Crippen LogP contribution in [0.5, 0.6) is 0 Å². The van der Waals surface area contributed by atoms with Gasteiger partial charge in [-0.05, 0) is 98.7 Å². The van der Waals surface area contributed by atoms with Crippen LogP contribution in [0.1, 0.15) is 103 Å². The maximum atomic E-state index is 4.26. The van der Waals surface area contributed by atoms with Crippen LogP contribution in [-0.4, -0.2) is 59.7 Å². The van der Waals surface area contributed by atoms with E-state index < -0.39 is 0 Å². The third-order valence-electron chi connectivity index (χ3n) is 14.1. The molecule has 4 aliphatic carbocycles. The minimum absolute atomic E-state index is 0.420. The van der Waals surface area contributed by atoms with Crippen molar-refractivity contribution in [2.24, 2.45) is 47.3 Å². The fraction of sp³-hybridized carbons (Fsp3) is 0.941. The molecule has 5 saturated heterocycles. The van der Waals surface area contributed by atoms with Crippen molar-refractivity contribution < 1.29 is 4.52 Å². The van der Waals surface area contributed by atoms with Gasteiger partial charge in [0.1, 0.15) is 6.26 Å². The molecule has 11 nitrogen and oxygen atoms in total. The van der Waals surface area contributed by atoms with Crippen molar-refractivity contribution >= 4 is 0 Å². The second kappa shape index (κ2) is 13.0. The minimum Gasteiger partial charge on any atom is -0.346 e. The van der Waals surface area contributed by atoms with Gasteiger partial charge >= 0.3 is 0 Å². The molecule has 8 atom stereocenters. The van der Waals surface area contributed by atoms with Crippen LogP contribution in [0.4, 0.5) is 0 Å². The minimum atomic E-state index is 0.420. The summed E-state index contributed by atoms with van der Waals surface area (Å²) < 4.78 is 4.22. The number of hydrogen-bond acceptors (Lipinski definition) is 11. The van der Waals surface area contributed by atoms with Crippen molar-refractivity contribution in [1.29, 1.82) is 0 Å². The lowest BCUT2D eigenvalue weighted by Gasteiger charge is -2.35. The Labute approximate surface area is 269 Å². The average Bonchev–Trinajstić information content (AvgIpc) is 3.93. The number of rotatable bonds is 0. The van der Waals surface area contributed by atoms with Crippen LogP contribution in [-0.2, 0) is 0 Å². The van der Waals surface area contributed by atoms with Gasteiger partial charge in [-0.25, -0.2) is 0 Å². The van der Waals surface area contributed by atoms with Gasteiger partial charge in [-0.15, -0.1) is 5.10 Å². The predicted octanol–water partition coefficient (Wildman–Crippen LogP) is 2.68. The Morgan fingerprint density at radius 3 is 0.711 bits per heavy atom. The Balaban J connectivity index is 0.000000515. The molecule has 1 aromatic heterocycles. The zero-order valence-electron chi connectivity index (χ0n) is 27.0. The lowest BCUT2D eigenvalue weighted by molar-refractivity contribution is 0.167. The highest BCUT2D eigenvalue weighted by Crippen LogP contribution is 2.45. The van der Waals surface area contributed by atoms with Gasteiger partial charge in [-0.2, -0.15) is 0 Å². The molecule has 0 spiro atoms. The van der Waals surface area contributed by atoms with Crippen LogP contribution in [0.25, 0.3) is 0 Å². The SMILES string of the molecule is C1CCC2C3NC(NC4NC(NC5NC(NC6NC(N3)C3CCCCC63)C3CCCCC53)C3CCCCC43)C2C1.c1conn1. The Bertz CT molecular complexity index is 884. The van der Waals surface area contributed by atoms with Crippen LogP contribution in [0.3, 0.4) is 0 Å². The maximum Gasteiger partial charge on any atom is 0.144 e. The number of hydrogen-bond donors (Lipinski definition) is 8. The first-order chi connectivity index (χ1) is 22.3. The molecule has 4 saturated carbocycles. The molecule has 250 valence electrons. The van der Waals surface area contributed by atoms with E-state index in [0.29, 0.717) is 49.3 Å². The second-order valence-corrected chi connectivity index (χ2v) is 16.2. The molecule has 8 N–H and O–H groups in total. The van der Waals surface area contributed by atoms with Crippen molar-refractivity contribution in [2.45, 2.75) is 152 Å². The van der Waals surface area contributed by atoms with Gasteiger partial charge in [0.25, 0.3) is 0 Å². The highest BCUT2D eigenvalue weighted by atomic mass is 16.5. The topological polar surface area (TPSA) is 135 Å². The van der Waals surface area contributed by atoms with E-state index in [9.17, 15) is 0 Å². The Kier molecular flexibility index (Phi) is 8.66. The summed E-state index contributed by atoms with van der Waals surface area (Å²) in [5.41, 5.74) is 0. The largest absolute Gasteiger partial charge is 0.346 e. The van der Waals surface area contributed by atoms with E-state index in [0.717, 1.165) is 47.3 Å². The molecule has 0 aromatic carbocycles. The standard InChI is InChI=1S/C32H56N8.C2H2N2O/c1-2-10-18-17(9-1)25-33-26(18)38-28-21-13-5-6-14-22(21)30(35-28)40-32-24-16-8-7-15-23(24)31(36-32)39-29-20-12-4-3-11-19(20)27(34-29)37-25;1-2-5-4-3-1/h17-40H,1-16H2;1-2H. The summed E-state index contributed by atoms with van der Waals surface area (Å²) in [6.45, 7) is 0. The van der Waals surface area contributed by atoms with Crippen LogP contribution in [0.2, 0.25) is 0 Å². The molecule has 1 aromatic rings. The first-order valence-electron chi connectivity index (χ1n) is 19.1. The smallest absolute Gasteiger partial charge is 0.144 e. The molecular weight excluding hydrogens is 564 g/mol. The van der Waals surface area contributed by atoms with Crippen molar-refractivity contribution in [3.05, 3.63) is 12.5 Å². The van der Waals surface area contributed by atoms with E-state index in [1.807, 2.05) is 0 Å². The zero-order chi connectivity index (χ0) is 29.7. The van der Waals surface area contributed by atoms with E-state index in [-0.39, 0.29) is 0 Å². The lowest BCUT2D eigenvalue weighted by Crippen LogP contribution is -2.61. The summed E-state index contributed by atoms with van der Waals surface area (Å²) in [6, 6.07) is 0. The molecule has 10 rings (SSSR count). The van der Waals surface area contributed by atoms with Crippen LogP contribution < -0.4 is 42.5 Å². The van der Waals surface area contributed by atoms with Crippen LogP contribution in [0.15, 0.2) is 17.0 Å². The third kappa shape index (κ3) is 5.71. The van der Waals surface area contributed by atoms with E-state index in [2.05, 4.69) is 57.4 Å². The van der Waals surface area contributed by atoms with E-state index in [1.54, 1.807) is 0 Å². The molecule has 0 radical (unpaired) electrons. The number of nitrogens with zero attached hydrogens (tertiary/aromatic N) is 2. The monoisotopic (exact) mass is 622 g/mol. The van der Waals surface area contributed by atoms with Crippen molar-refractivity contribution in [3.8, 4) is 0 Å². The van der Waals surface area contributed by atoms with Crippen molar-refractivity contribution in [2.75, 3.05) is 0 Å². The molecule has 8 bridgehead atoms. The maximum absolute atomic E-state index is 4.26. The number of fused-ring (bicyclic) bond motifs is 20. The molecule has 45 heavy (non-hydrogen) atoms. The van der Waals surface area contributed by atoms with Gasteiger partial charge in [-0.1, -0.05) is 51.4 Å². The van der Waals surface area contributed by atoms with Gasteiger partial charge in [0.05, 0.1) is 55.5 Å². The summed E-state index contributed by atoms with van der Waals surface area (Å²) in [6.07, 6.45) is 28.4. The molecule has 9 fully saturated rings. The summed E-state index contributed by atoms with van der Waals surface area (Å²) in [5.74, 6) is 5.97. The molecule has 6 heterocycles. The van der Waals surface area contributed by atoms with E-state index in [1.165, 1.54) is 115 Å². The summed E-state index contributed by atoms with van der Waals surface area (Å²) in [5, 5.41) is 40.2. The molecule has 11 heteroatoms. The highest BCUT2D eigenvalue weighted by molar-refractivity contribution is 5.08. The molecule has 9 aliphatic rings. The van der Waals surface area contributed by atoms with E-state index in [4.69, 9.17) is 0 Å².